The maximum absolute atomic E-state index is 2.31. The molecule has 2 aromatic rings. The average molecular weight is 155 g/mol. The van der Waals surface area contributed by atoms with Crippen LogP contribution >= 0.6 is 0 Å². The van der Waals surface area contributed by atoms with E-state index in [0.29, 0.717) is 6.34 Å². The fourth-order valence-corrected chi connectivity index (χ4v) is 1.82. The van der Waals surface area contributed by atoms with Crippen molar-refractivity contribution < 1.29 is 0 Å². The van der Waals surface area contributed by atoms with Crippen LogP contribution in [0.1, 0.15) is 5.56 Å². The number of benzene rings is 1. The van der Waals surface area contributed by atoms with Gasteiger partial charge in [0, 0.05) is 0 Å². The quantitative estimate of drug-likeness (QED) is 0.548. The number of rotatable bonds is 0. The van der Waals surface area contributed by atoms with Crippen LogP contribution in [0.25, 0.3) is 10.8 Å². The molecule has 0 saturated carbocycles. The van der Waals surface area contributed by atoms with E-state index < -0.39 is 0 Å². The number of fused-ring (bicyclic) bond motifs is 1. The summed E-state index contributed by atoms with van der Waals surface area (Å²) < 4.78 is 0. The molecule has 1 heteroatoms. The Hall–Kier alpha value is -1.11. The van der Waals surface area contributed by atoms with Crippen molar-refractivity contribution >= 4 is 17.1 Å². The van der Waals surface area contributed by atoms with Crippen molar-refractivity contribution in [3.63, 3.8) is 0 Å². The molecule has 0 saturated heterocycles. The normalized spacial score (nSPS) is 10.5. The van der Waals surface area contributed by atoms with E-state index in [1.165, 1.54) is 16.3 Å². The van der Waals surface area contributed by atoms with E-state index in [-0.39, 0.29) is 0 Å². The van der Waals surface area contributed by atoms with E-state index in [1.807, 2.05) is 0 Å². The predicted octanol–water partition coefficient (Wildman–Crippen LogP) is 2.71. The third-order valence-electron chi connectivity index (χ3n) is 2.34. The number of hydrogen-bond donors (Lipinski definition) is 0. The van der Waals surface area contributed by atoms with Gasteiger partial charge in [0.05, 0.1) is 0 Å². The summed E-state index contributed by atoms with van der Waals surface area (Å²) in [5, 5.41) is 2.76. The Bertz CT molecular complexity index is 418. The molecule has 0 bridgehead atoms. The van der Waals surface area contributed by atoms with Crippen LogP contribution in [0.2, 0.25) is 0 Å². The van der Waals surface area contributed by atoms with Crippen LogP contribution in [-0.2, 0) is 6.82 Å². The van der Waals surface area contributed by atoms with Crippen molar-refractivity contribution in [3.05, 3.63) is 41.8 Å². The van der Waals surface area contributed by atoms with Crippen LogP contribution in [0.3, 0.4) is 0 Å². The molecular weight excluding hydrogens is 143 g/mol. The van der Waals surface area contributed by atoms with Gasteiger partial charge in [-0.25, -0.2) is 6.82 Å². The van der Waals surface area contributed by atoms with Gasteiger partial charge in [-0.2, -0.15) is 0 Å². The van der Waals surface area contributed by atoms with E-state index in [1.54, 1.807) is 0 Å². The second-order valence-corrected chi connectivity index (χ2v) is 3.46. The van der Waals surface area contributed by atoms with Crippen LogP contribution in [0.4, 0.5) is 0 Å². The molecule has 0 unspecified atom stereocenters. The van der Waals surface area contributed by atoms with Crippen molar-refractivity contribution in [1.82, 2.24) is 0 Å². The molecule has 0 atom stereocenters. The van der Waals surface area contributed by atoms with Gasteiger partial charge in [-0.05, 0) is 12.3 Å². The minimum Gasteiger partial charge on any atom is -0.261 e. The summed E-state index contributed by atoms with van der Waals surface area (Å²) in [7, 11) is 0. The molecule has 0 fully saturated rings. The van der Waals surface area contributed by atoms with Crippen molar-refractivity contribution in [2.24, 2.45) is 6.82 Å². The van der Waals surface area contributed by atoms with Gasteiger partial charge in [-0.3, -0.25) is 11.9 Å². The molecule has 0 spiro atoms. The highest BCUT2D eigenvalue weighted by Crippen LogP contribution is 2.16. The highest BCUT2D eigenvalue weighted by molar-refractivity contribution is 6.49. The molecule has 0 radical (unpaired) electrons. The van der Waals surface area contributed by atoms with E-state index in [4.69, 9.17) is 0 Å². The molecule has 0 nitrogen and oxygen atoms in total. The minimum atomic E-state index is 0.583. The first-order valence-electron chi connectivity index (χ1n) is 4.40. The second kappa shape index (κ2) is 2.74. The lowest BCUT2D eigenvalue weighted by Gasteiger charge is -2.09. The molecule has 1 aromatic carbocycles. The maximum atomic E-state index is 2.31. The number of hydrogen-bond acceptors (Lipinski definition) is 0. The van der Waals surface area contributed by atoms with Gasteiger partial charge in [-0.1, -0.05) is 35.2 Å². The molecule has 1 heterocycles. The zero-order valence-electron chi connectivity index (χ0n) is 7.54. The zero-order valence-corrected chi connectivity index (χ0v) is 7.54. The Morgan fingerprint density at radius 3 is 2.67 bits per heavy atom. The Morgan fingerprint density at radius 2 is 1.83 bits per heavy atom. The summed E-state index contributed by atoms with van der Waals surface area (Å²) in [5.41, 5.74) is 1.40. The fraction of sp³-hybridized carbons (Fsp3) is 0.182. The molecule has 1 aromatic heterocycles. The van der Waals surface area contributed by atoms with E-state index >= 15 is 0 Å². The van der Waals surface area contributed by atoms with Crippen LogP contribution in [0, 0.1) is 6.92 Å². The minimum absolute atomic E-state index is 0.583. The Morgan fingerprint density at radius 1 is 1.08 bits per heavy atom. The highest BCUT2D eigenvalue weighted by Gasteiger charge is 1.90. The Labute approximate surface area is 73.3 Å². The van der Waals surface area contributed by atoms with Crippen LogP contribution in [-0.4, -0.2) is 6.34 Å². The first-order valence-corrected chi connectivity index (χ1v) is 4.40. The lowest BCUT2D eigenvalue weighted by Crippen LogP contribution is -1.92. The summed E-state index contributed by atoms with van der Waals surface area (Å²) in [5.74, 6) is 4.62. The van der Waals surface area contributed by atoms with Gasteiger partial charge in [0.1, 0.15) is 0 Å². The summed E-state index contributed by atoms with van der Waals surface area (Å²) in [6.45, 7) is 4.40. The van der Waals surface area contributed by atoms with Crippen molar-refractivity contribution in [2.45, 2.75) is 6.92 Å². The smallest absolute Gasteiger partial charge is 0.0228 e. The molecular formula is C11H12B-. The monoisotopic (exact) mass is 155 g/mol. The topological polar surface area (TPSA) is 0 Å². The molecule has 0 amide bonds. The van der Waals surface area contributed by atoms with Gasteiger partial charge < -0.3 is 0 Å². The van der Waals surface area contributed by atoms with E-state index in [2.05, 4.69) is 49.9 Å². The second-order valence-electron chi connectivity index (χ2n) is 3.46. The first kappa shape index (κ1) is 7.54. The first-order chi connectivity index (χ1) is 5.77. The Kier molecular flexibility index (Phi) is 1.72. The fourth-order valence-electron chi connectivity index (χ4n) is 1.82. The lowest BCUT2D eigenvalue weighted by molar-refractivity contribution is 1.57. The van der Waals surface area contributed by atoms with Gasteiger partial charge in [0.15, 0.2) is 0 Å². The van der Waals surface area contributed by atoms with Gasteiger partial charge in [0.25, 0.3) is 0 Å². The summed E-state index contributed by atoms with van der Waals surface area (Å²) in [6, 6.07) is 8.56. The van der Waals surface area contributed by atoms with E-state index in [0.717, 1.165) is 0 Å². The molecule has 0 aliphatic rings. The van der Waals surface area contributed by atoms with Crippen LogP contribution in [0.15, 0.2) is 36.2 Å². The lowest BCUT2D eigenvalue weighted by atomic mass is 9.66. The molecule has 0 aliphatic carbocycles. The van der Waals surface area contributed by atoms with Crippen LogP contribution in [0.5, 0.6) is 0 Å². The summed E-state index contributed by atoms with van der Waals surface area (Å²) >= 11 is 0. The van der Waals surface area contributed by atoms with Crippen molar-refractivity contribution in [2.75, 3.05) is 0 Å². The molecule has 60 valence electrons. The standard InChI is InChI=1S/C11H12B/c1-9-7-12(2)8-10-5-3-4-6-11(9)10/h3-8H,1-2H3/q-1. The van der Waals surface area contributed by atoms with Gasteiger partial charge in [0.2, 0.25) is 0 Å². The van der Waals surface area contributed by atoms with Crippen molar-refractivity contribution in [3.8, 4) is 0 Å². The summed E-state index contributed by atoms with van der Waals surface area (Å²) in [6.07, 6.45) is 0.583. The largest absolute Gasteiger partial charge is 0.261 e. The third kappa shape index (κ3) is 1.16. The number of aryl methyl sites for hydroxylation is 2. The zero-order chi connectivity index (χ0) is 8.55. The van der Waals surface area contributed by atoms with Crippen molar-refractivity contribution in [1.29, 1.82) is 0 Å². The average Bonchev–Trinajstić information content (AvgIpc) is 2.04. The maximum Gasteiger partial charge on any atom is -0.0228 e. The molecule has 12 heavy (non-hydrogen) atoms. The van der Waals surface area contributed by atoms with E-state index in [9.17, 15) is 0 Å². The highest BCUT2D eigenvalue weighted by atomic mass is 13.9. The van der Waals surface area contributed by atoms with Gasteiger partial charge >= 0.3 is 0 Å². The van der Waals surface area contributed by atoms with Crippen LogP contribution < -0.4 is 0 Å². The SMILES string of the molecule is C[b-]1cc(C)c2ccccc2c1. The third-order valence-corrected chi connectivity index (χ3v) is 2.34. The Balaban J connectivity index is 2.89. The summed E-state index contributed by atoms with van der Waals surface area (Å²) in [4.78, 5) is 0. The van der Waals surface area contributed by atoms with Gasteiger partial charge in [-0.15, -0.1) is 6.34 Å². The molecule has 2 rings (SSSR count). The predicted molar refractivity (Wildman–Crippen MR) is 55.6 cm³/mol. The molecule has 0 aliphatic heterocycles. The molecule has 0 N–H and O–H groups in total.